The lowest BCUT2D eigenvalue weighted by Crippen LogP contribution is -2.50. The molecule has 0 radical (unpaired) electrons. The van der Waals surface area contributed by atoms with Gasteiger partial charge in [0.25, 0.3) is 0 Å². The number of ether oxygens (including phenoxy) is 1. The summed E-state index contributed by atoms with van der Waals surface area (Å²) < 4.78 is 17.7. The molecule has 33 heavy (non-hydrogen) atoms. The topological polar surface area (TPSA) is 77.1 Å². The highest BCUT2D eigenvalue weighted by Crippen LogP contribution is 2.36. The van der Waals surface area contributed by atoms with E-state index in [1.165, 1.54) is 0 Å². The van der Waals surface area contributed by atoms with Crippen LogP contribution < -0.4 is 10.8 Å². The molecule has 0 saturated carbocycles. The van der Waals surface area contributed by atoms with Crippen molar-refractivity contribution in [2.45, 2.75) is 97.5 Å². The van der Waals surface area contributed by atoms with E-state index in [1.54, 1.807) is 0 Å². The van der Waals surface area contributed by atoms with Crippen molar-refractivity contribution in [2.24, 2.45) is 0 Å². The third-order valence-corrected chi connectivity index (χ3v) is 6.69. The second kappa shape index (κ2) is 9.30. The summed E-state index contributed by atoms with van der Waals surface area (Å²) in [5.41, 5.74) is 1.66. The Balaban J connectivity index is 1.59. The SMILES string of the molecule is Cc1cc(CC(=O)N2CCCC(NC(=O)OC(C)(C)C)C2)ccc1B1OC(C)(C)C(C)(C)O1. The number of nitrogens with one attached hydrogen (secondary N) is 1. The van der Waals surface area contributed by atoms with Crippen LogP contribution in [0.1, 0.15) is 72.4 Å². The second-order valence-corrected chi connectivity index (χ2v) is 11.3. The molecule has 8 heteroatoms. The normalized spacial score (nSPS) is 22.2. The van der Waals surface area contributed by atoms with Crippen LogP contribution >= 0.6 is 0 Å². The van der Waals surface area contributed by atoms with Gasteiger partial charge in [-0.2, -0.15) is 0 Å². The fourth-order valence-electron chi connectivity index (χ4n) is 4.16. The van der Waals surface area contributed by atoms with Crippen LogP contribution in [0.15, 0.2) is 18.2 Å². The number of carbonyl (C=O) groups excluding carboxylic acids is 2. The minimum Gasteiger partial charge on any atom is -0.444 e. The maximum Gasteiger partial charge on any atom is 0.495 e. The summed E-state index contributed by atoms with van der Waals surface area (Å²) in [6, 6.07) is 5.93. The Kier molecular flexibility index (Phi) is 7.20. The van der Waals surface area contributed by atoms with Crippen LogP contribution in [0, 0.1) is 6.92 Å². The van der Waals surface area contributed by atoms with E-state index < -0.39 is 30.0 Å². The third kappa shape index (κ3) is 6.30. The maximum atomic E-state index is 13.0. The summed E-state index contributed by atoms with van der Waals surface area (Å²) in [5, 5.41) is 2.90. The number of carbonyl (C=O) groups is 2. The van der Waals surface area contributed by atoms with E-state index in [4.69, 9.17) is 14.0 Å². The van der Waals surface area contributed by atoms with E-state index in [1.807, 2.05) is 78.5 Å². The van der Waals surface area contributed by atoms with Crippen molar-refractivity contribution in [3.05, 3.63) is 29.3 Å². The predicted octanol–water partition coefficient (Wildman–Crippen LogP) is 3.35. The lowest BCUT2D eigenvalue weighted by atomic mass is 9.75. The molecule has 2 amide bonds. The summed E-state index contributed by atoms with van der Waals surface area (Å²) in [6.07, 6.45) is 1.58. The lowest BCUT2D eigenvalue weighted by Gasteiger charge is -2.33. The molecular formula is C25H39BN2O5. The Morgan fingerprint density at radius 1 is 1.18 bits per heavy atom. The molecule has 0 spiro atoms. The Bertz CT molecular complexity index is 877. The van der Waals surface area contributed by atoms with E-state index in [2.05, 4.69) is 5.32 Å². The van der Waals surface area contributed by atoms with Crippen LogP contribution in [0.3, 0.4) is 0 Å². The van der Waals surface area contributed by atoms with Crippen LogP contribution in [-0.2, 0) is 25.3 Å². The molecule has 2 fully saturated rings. The standard InChI is InChI=1S/C25H39BN2O5/c1-17-14-18(11-12-20(17)26-32-24(5,6)25(7,8)33-26)15-21(29)28-13-9-10-19(16-28)27-22(30)31-23(2,3)4/h11-12,14,19H,9-10,13,15-16H2,1-8H3,(H,27,30). The van der Waals surface area contributed by atoms with E-state index in [-0.39, 0.29) is 11.9 Å². The van der Waals surface area contributed by atoms with E-state index in [0.717, 1.165) is 29.4 Å². The predicted molar refractivity (Wildman–Crippen MR) is 130 cm³/mol. The molecule has 0 aliphatic carbocycles. The maximum absolute atomic E-state index is 13.0. The largest absolute Gasteiger partial charge is 0.495 e. The average Bonchev–Trinajstić information content (AvgIpc) is 2.87. The number of likely N-dealkylation sites (tertiary alicyclic amines) is 1. The molecule has 1 aromatic rings. The molecule has 2 saturated heterocycles. The first-order valence-corrected chi connectivity index (χ1v) is 11.9. The van der Waals surface area contributed by atoms with Crippen molar-refractivity contribution in [1.82, 2.24) is 10.2 Å². The van der Waals surface area contributed by atoms with Gasteiger partial charge in [-0.1, -0.05) is 23.8 Å². The van der Waals surface area contributed by atoms with Gasteiger partial charge in [0.2, 0.25) is 5.91 Å². The average molecular weight is 458 g/mol. The Hall–Kier alpha value is -2.06. The minimum atomic E-state index is -0.543. The molecule has 2 heterocycles. The molecule has 7 nitrogen and oxygen atoms in total. The molecule has 1 unspecified atom stereocenters. The van der Waals surface area contributed by atoms with Crippen molar-refractivity contribution >= 4 is 24.6 Å². The number of hydrogen-bond donors (Lipinski definition) is 1. The van der Waals surface area contributed by atoms with E-state index in [0.29, 0.717) is 19.5 Å². The second-order valence-electron chi connectivity index (χ2n) is 11.3. The van der Waals surface area contributed by atoms with Crippen LogP contribution in [-0.4, -0.2) is 60.0 Å². The van der Waals surface area contributed by atoms with Gasteiger partial charge >= 0.3 is 13.2 Å². The number of rotatable bonds is 4. The number of hydrogen-bond acceptors (Lipinski definition) is 5. The number of benzene rings is 1. The van der Waals surface area contributed by atoms with Gasteiger partial charge in [0.05, 0.1) is 17.6 Å². The Morgan fingerprint density at radius 3 is 2.39 bits per heavy atom. The zero-order chi connectivity index (χ0) is 24.6. The number of aryl methyl sites for hydroxylation is 1. The molecule has 1 N–H and O–H groups in total. The van der Waals surface area contributed by atoms with Crippen molar-refractivity contribution < 1.29 is 23.6 Å². The number of amides is 2. The molecule has 0 aromatic heterocycles. The van der Waals surface area contributed by atoms with Gasteiger partial charge in [0.1, 0.15) is 5.60 Å². The minimum absolute atomic E-state index is 0.0634. The molecule has 2 aliphatic rings. The first kappa shape index (κ1) is 25.6. The highest BCUT2D eigenvalue weighted by atomic mass is 16.7. The smallest absolute Gasteiger partial charge is 0.444 e. The molecule has 0 bridgehead atoms. The van der Waals surface area contributed by atoms with Crippen molar-refractivity contribution in [2.75, 3.05) is 13.1 Å². The van der Waals surface area contributed by atoms with Gasteiger partial charge in [0.15, 0.2) is 0 Å². The van der Waals surface area contributed by atoms with Gasteiger partial charge in [-0.25, -0.2) is 4.79 Å². The Labute approximate surface area is 198 Å². The molecule has 1 aromatic carbocycles. The van der Waals surface area contributed by atoms with Crippen molar-refractivity contribution in [3.8, 4) is 0 Å². The number of alkyl carbamates (subject to hydrolysis) is 1. The highest BCUT2D eigenvalue weighted by Gasteiger charge is 2.52. The highest BCUT2D eigenvalue weighted by molar-refractivity contribution is 6.62. The van der Waals surface area contributed by atoms with Gasteiger partial charge in [-0.05, 0) is 79.3 Å². The summed E-state index contributed by atoms with van der Waals surface area (Å²) in [7, 11) is -0.415. The molecular weight excluding hydrogens is 419 g/mol. The Morgan fingerprint density at radius 2 is 1.82 bits per heavy atom. The van der Waals surface area contributed by atoms with Gasteiger partial charge in [0, 0.05) is 19.1 Å². The first-order valence-electron chi connectivity index (χ1n) is 11.9. The molecule has 182 valence electrons. The van der Waals surface area contributed by atoms with Crippen LogP contribution in [0.2, 0.25) is 0 Å². The third-order valence-electron chi connectivity index (χ3n) is 6.69. The summed E-state index contributed by atoms with van der Waals surface area (Å²) in [5.74, 6) is 0.0634. The van der Waals surface area contributed by atoms with Crippen LogP contribution in [0.25, 0.3) is 0 Å². The zero-order valence-electron chi connectivity index (χ0n) is 21.4. The monoisotopic (exact) mass is 458 g/mol. The summed E-state index contributed by atoms with van der Waals surface area (Å²) >= 11 is 0. The number of nitrogens with zero attached hydrogens (tertiary/aromatic N) is 1. The van der Waals surface area contributed by atoms with Crippen molar-refractivity contribution in [1.29, 1.82) is 0 Å². The lowest BCUT2D eigenvalue weighted by molar-refractivity contribution is -0.131. The van der Waals surface area contributed by atoms with Crippen LogP contribution in [0.4, 0.5) is 4.79 Å². The fourth-order valence-corrected chi connectivity index (χ4v) is 4.16. The van der Waals surface area contributed by atoms with Crippen molar-refractivity contribution in [3.63, 3.8) is 0 Å². The van der Waals surface area contributed by atoms with Gasteiger partial charge in [-0.15, -0.1) is 0 Å². The fraction of sp³-hybridized carbons (Fsp3) is 0.680. The van der Waals surface area contributed by atoms with E-state index >= 15 is 0 Å². The van der Waals surface area contributed by atoms with E-state index in [9.17, 15) is 9.59 Å². The van der Waals surface area contributed by atoms with Gasteiger partial charge < -0.3 is 24.3 Å². The molecule has 2 aliphatic heterocycles. The summed E-state index contributed by atoms with van der Waals surface area (Å²) in [6.45, 7) is 16.9. The quantitative estimate of drug-likeness (QED) is 0.701. The summed E-state index contributed by atoms with van der Waals surface area (Å²) in [4.78, 5) is 26.9. The molecule has 3 rings (SSSR count). The van der Waals surface area contributed by atoms with Gasteiger partial charge in [-0.3, -0.25) is 4.79 Å². The first-order chi connectivity index (χ1) is 15.2. The molecule has 1 atom stereocenters. The number of piperidine rings is 1. The van der Waals surface area contributed by atoms with Crippen LogP contribution in [0.5, 0.6) is 0 Å². The zero-order valence-corrected chi connectivity index (χ0v) is 21.4.